The van der Waals surface area contributed by atoms with Gasteiger partial charge >= 0.3 is 6.18 Å². The van der Waals surface area contributed by atoms with Crippen molar-refractivity contribution in [2.45, 2.75) is 6.18 Å². The molecule has 0 aliphatic heterocycles. The SMILES string of the molecule is N#Cc1ccccc1-c1cc(F)cc(-c2ccnc3nc(C(F)(F)F)ccc23)c1. The lowest BCUT2D eigenvalue weighted by atomic mass is 9.95. The molecule has 0 saturated heterocycles. The molecule has 0 unspecified atom stereocenters. The lowest BCUT2D eigenvalue weighted by molar-refractivity contribution is -0.141. The van der Waals surface area contributed by atoms with Gasteiger partial charge < -0.3 is 0 Å². The number of halogens is 4. The molecule has 0 spiro atoms. The summed E-state index contributed by atoms with van der Waals surface area (Å²) >= 11 is 0. The van der Waals surface area contributed by atoms with E-state index in [9.17, 15) is 22.8 Å². The Morgan fingerprint density at radius 3 is 2.31 bits per heavy atom. The molecule has 0 fully saturated rings. The Labute approximate surface area is 162 Å². The largest absolute Gasteiger partial charge is 0.433 e. The number of hydrogen-bond donors (Lipinski definition) is 0. The molecule has 4 aromatic rings. The van der Waals surface area contributed by atoms with Crippen molar-refractivity contribution in [3.63, 3.8) is 0 Å². The van der Waals surface area contributed by atoms with E-state index in [4.69, 9.17) is 0 Å². The number of nitrogens with zero attached hydrogens (tertiary/aromatic N) is 3. The Kier molecular flexibility index (Phi) is 4.47. The van der Waals surface area contributed by atoms with Gasteiger partial charge in [-0.05, 0) is 64.7 Å². The number of alkyl halides is 3. The zero-order chi connectivity index (χ0) is 20.6. The van der Waals surface area contributed by atoms with Gasteiger partial charge in [0.05, 0.1) is 11.6 Å². The summed E-state index contributed by atoms with van der Waals surface area (Å²) in [5.74, 6) is -0.532. The number of hydrogen-bond acceptors (Lipinski definition) is 3. The van der Waals surface area contributed by atoms with Crippen LogP contribution in [0, 0.1) is 17.1 Å². The highest BCUT2D eigenvalue weighted by molar-refractivity contribution is 5.93. The summed E-state index contributed by atoms with van der Waals surface area (Å²) in [6.07, 6.45) is -3.25. The van der Waals surface area contributed by atoms with Crippen LogP contribution in [0.25, 0.3) is 33.3 Å². The zero-order valence-electron chi connectivity index (χ0n) is 14.7. The first kappa shape index (κ1) is 18.6. The molecule has 0 bridgehead atoms. The number of pyridine rings is 2. The summed E-state index contributed by atoms with van der Waals surface area (Å²) in [7, 11) is 0. The molecular weight excluding hydrogens is 382 g/mol. The van der Waals surface area contributed by atoms with E-state index in [1.165, 1.54) is 24.4 Å². The fraction of sp³-hybridized carbons (Fsp3) is 0.0455. The van der Waals surface area contributed by atoms with Gasteiger partial charge in [-0.25, -0.2) is 14.4 Å². The quantitative estimate of drug-likeness (QED) is 0.393. The minimum Gasteiger partial charge on any atom is -0.237 e. The molecule has 3 nitrogen and oxygen atoms in total. The normalized spacial score (nSPS) is 11.4. The first-order valence-electron chi connectivity index (χ1n) is 8.50. The molecule has 0 N–H and O–H groups in total. The Bertz CT molecular complexity index is 1270. The lowest BCUT2D eigenvalue weighted by Crippen LogP contribution is -2.08. The number of rotatable bonds is 2. The van der Waals surface area contributed by atoms with E-state index in [1.54, 1.807) is 36.4 Å². The molecule has 29 heavy (non-hydrogen) atoms. The van der Waals surface area contributed by atoms with Gasteiger partial charge in [-0.15, -0.1) is 0 Å². The fourth-order valence-corrected chi connectivity index (χ4v) is 3.17. The maximum absolute atomic E-state index is 14.4. The third-order valence-electron chi connectivity index (χ3n) is 4.46. The van der Waals surface area contributed by atoms with E-state index in [-0.39, 0.29) is 5.65 Å². The maximum atomic E-state index is 14.4. The van der Waals surface area contributed by atoms with E-state index in [2.05, 4.69) is 16.0 Å². The predicted molar refractivity (Wildman–Crippen MR) is 100 cm³/mol. The Morgan fingerprint density at radius 1 is 0.862 bits per heavy atom. The first-order valence-corrected chi connectivity index (χ1v) is 8.50. The molecule has 0 aliphatic carbocycles. The third-order valence-corrected chi connectivity index (χ3v) is 4.46. The molecule has 2 aromatic heterocycles. The fourth-order valence-electron chi connectivity index (χ4n) is 3.17. The summed E-state index contributed by atoms with van der Waals surface area (Å²) in [5.41, 5.74) is 1.25. The first-order chi connectivity index (χ1) is 13.9. The molecule has 142 valence electrons. The monoisotopic (exact) mass is 393 g/mol. The van der Waals surface area contributed by atoms with Gasteiger partial charge in [-0.1, -0.05) is 18.2 Å². The van der Waals surface area contributed by atoms with E-state index in [0.29, 0.717) is 33.2 Å². The Hall–Kier alpha value is -3.79. The topological polar surface area (TPSA) is 49.6 Å². The van der Waals surface area contributed by atoms with Crippen molar-refractivity contribution in [2.24, 2.45) is 0 Å². The van der Waals surface area contributed by atoms with Crippen LogP contribution in [0.15, 0.2) is 66.9 Å². The number of aromatic nitrogens is 2. The molecule has 2 aromatic carbocycles. The van der Waals surface area contributed by atoms with Crippen LogP contribution in [0.2, 0.25) is 0 Å². The summed E-state index contributed by atoms with van der Waals surface area (Å²) in [6.45, 7) is 0. The lowest BCUT2D eigenvalue weighted by Gasteiger charge is -2.11. The van der Waals surface area contributed by atoms with Gasteiger partial charge in [0, 0.05) is 11.6 Å². The van der Waals surface area contributed by atoms with E-state index >= 15 is 0 Å². The molecule has 0 saturated carbocycles. The molecule has 0 amide bonds. The molecule has 0 aliphatic rings. The minimum absolute atomic E-state index is 0.0828. The molecular formula is C22H11F4N3. The molecule has 7 heteroatoms. The Balaban J connectivity index is 1.91. The number of fused-ring (bicyclic) bond motifs is 1. The minimum atomic E-state index is -4.58. The van der Waals surface area contributed by atoms with Crippen molar-refractivity contribution in [1.29, 1.82) is 5.26 Å². The molecule has 4 rings (SSSR count). The molecule has 2 heterocycles. The van der Waals surface area contributed by atoms with Crippen LogP contribution in [0.3, 0.4) is 0 Å². The van der Waals surface area contributed by atoms with Crippen molar-refractivity contribution >= 4 is 11.0 Å². The van der Waals surface area contributed by atoms with E-state index in [1.807, 2.05) is 0 Å². The van der Waals surface area contributed by atoms with Gasteiger partial charge in [0.15, 0.2) is 5.65 Å². The second kappa shape index (κ2) is 6.99. The van der Waals surface area contributed by atoms with Crippen LogP contribution >= 0.6 is 0 Å². The van der Waals surface area contributed by atoms with Crippen LogP contribution < -0.4 is 0 Å². The highest BCUT2D eigenvalue weighted by atomic mass is 19.4. The molecule has 0 radical (unpaired) electrons. The van der Waals surface area contributed by atoms with E-state index < -0.39 is 17.7 Å². The van der Waals surface area contributed by atoms with Crippen LogP contribution in [0.1, 0.15) is 11.3 Å². The highest BCUT2D eigenvalue weighted by Gasteiger charge is 2.32. The molecule has 0 atom stereocenters. The van der Waals surface area contributed by atoms with Gasteiger partial charge in [-0.2, -0.15) is 18.4 Å². The van der Waals surface area contributed by atoms with Crippen LogP contribution in [-0.2, 0) is 6.18 Å². The van der Waals surface area contributed by atoms with Gasteiger partial charge in [0.1, 0.15) is 11.5 Å². The van der Waals surface area contributed by atoms with Crippen LogP contribution in [-0.4, -0.2) is 9.97 Å². The average Bonchev–Trinajstić information content (AvgIpc) is 2.71. The van der Waals surface area contributed by atoms with Gasteiger partial charge in [0.2, 0.25) is 0 Å². The van der Waals surface area contributed by atoms with Crippen molar-refractivity contribution in [1.82, 2.24) is 9.97 Å². The third kappa shape index (κ3) is 3.52. The van der Waals surface area contributed by atoms with Crippen molar-refractivity contribution in [2.75, 3.05) is 0 Å². The predicted octanol–water partition coefficient (Wildman–Crippen LogP) is 5.99. The number of benzene rings is 2. The summed E-state index contributed by atoms with van der Waals surface area (Å²) in [6, 6.07) is 16.9. The summed E-state index contributed by atoms with van der Waals surface area (Å²) < 4.78 is 53.2. The van der Waals surface area contributed by atoms with Gasteiger partial charge in [-0.3, -0.25) is 0 Å². The van der Waals surface area contributed by atoms with Crippen LogP contribution in [0.5, 0.6) is 0 Å². The van der Waals surface area contributed by atoms with E-state index in [0.717, 1.165) is 6.07 Å². The highest BCUT2D eigenvalue weighted by Crippen LogP contribution is 2.34. The summed E-state index contributed by atoms with van der Waals surface area (Å²) in [5, 5.41) is 9.68. The second-order valence-electron chi connectivity index (χ2n) is 6.31. The Morgan fingerprint density at radius 2 is 1.59 bits per heavy atom. The summed E-state index contributed by atoms with van der Waals surface area (Å²) in [4.78, 5) is 7.51. The van der Waals surface area contributed by atoms with Gasteiger partial charge in [0.25, 0.3) is 0 Å². The van der Waals surface area contributed by atoms with Crippen LogP contribution in [0.4, 0.5) is 17.6 Å². The number of nitriles is 1. The van der Waals surface area contributed by atoms with Crippen molar-refractivity contribution in [3.05, 3.63) is 83.9 Å². The maximum Gasteiger partial charge on any atom is 0.433 e. The van der Waals surface area contributed by atoms with Crippen molar-refractivity contribution < 1.29 is 17.6 Å². The standard InChI is InChI=1S/C22H11F4N3/c23-16-10-14(17-4-2-1-3-13(17)12-27)9-15(11-16)18-7-8-28-21-19(18)5-6-20(29-21)22(24,25)26/h1-11H. The second-order valence-corrected chi connectivity index (χ2v) is 6.31. The average molecular weight is 393 g/mol. The smallest absolute Gasteiger partial charge is 0.237 e. The van der Waals surface area contributed by atoms with Crippen molar-refractivity contribution in [3.8, 4) is 28.3 Å². The zero-order valence-corrected chi connectivity index (χ0v) is 14.7.